The molecule has 1 amide bonds. The van der Waals surface area contributed by atoms with Gasteiger partial charge in [0, 0.05) is 4.90 Å². The van der Waals surface area contributed by atoms with Gasteiger partial charge in [0.05, 0.1) is 5.69 Å². The standard InChI is InChI=1S/C15H15NO3S2/c1-10-7-8-21-14(10)15(18)19-9-13(17)16-11-5-3-4-6-12(11)20-2/h3-8H,9H2,1-2H3,(H,16,17). The number of benzene rings is 1. The van der Waals surface area contributed by atoms with Crippen LogP contribution in [0.4, 0.5) is 5.69 Å². The van der Waals surface area contributed by atoms with E-state index in [0.29, 0.717) is 4.88 Å². The van der Waals surface area contributed by atoms with Crippen molar-refractivity contribution in [1.29, 1.82) is 0 Å². The number of thioether (sulfide) groups is 1. The Morgan fingerprint density at radius 3 is 2.71 bits per heavy atom. The molecule has 0 spiro atoms. The molecule has 0 radical (unpaired) electrons. The molecule has 0 aliphatic heterocycles. The fraction of sp³-hybridized carbons (Fsp3) is 0.200. The van der Waals surface area contributed by atoms with Crippen molar-refractivity contribution in [3.8, 4) is 0 Å². The van der Waals surface area contributed by atoms with Gasteiger partial charge in [-0.05, 0) is 42.3 Å². The number of rotatable bonds is 5. The molecule has 0 aliphatic carbocycles. The topological polar surface area (TPSA) is 55.4 Å². The van der Waals surface area contributed by atoms with Gasteiger partial charge >= 0.3 is 5.97 Å². The van der Waals surface area contributed by atoms with Crippen LogP contribution < -0.4 is 5.32 Å². The number of ether oxygens (including phenoxy) is 1. The van der Waals surface area contributed by atoms with E-state index in [-0.39, 0.29) is 12.5 Å². The summed E-state index contributed by atoms with van der Waals surface area (Å²) in [5, 5.41) is 4.56. The van der Waals surface area contributed by atoms with Gasteiger partial charge in [-0.2, -0.15) is 0 Å². The molecule has 6 heteroatoms. The Bertz CT molecular complexity index is 652. The van der Waals surface area contributed by atoms with Crippen LogP contribution in [-0.2, 0) is 9.53 Å². The van der Waals surface area contributed by atoms with Crippen LogP contribution in [0.15, 0.2) is 40.6 Å². The summed E-state index contributed by atoms with van der Waals surface area (Å²) in [4.78, 5) is 25.2. The zero-order chi connectivity index (χ0) is 15.2. The minimum absolute atomic E-state index is 0.293. The SMILES string of the molecule is CSc1ccccc1NC(=O)COC(=O)c1sccc1C. The molecule has 110 valence electrons. The van der Waals surface area contributed by atoms with Crippen molar-refractivity contribution in [2.75, 3.05) is 18.2 Å². The number of hydrogen-bond donors (Lipinski definition) is 1. The maximum Gasteiger partial charge on any atom is 0.349 e. The molecule has 0 bridgehead atoms. The van der Waals surface area contributed by atoms with E-state index in [9.17, 15) is 9.59 Å². The van der Waals surface area contributed by atoms with E-state index >= 15 is 0 Å². The summed E-state index contributed by atoms with van der Waals surface area (Å²) in [5.74, 6) is -0.810. The summed E-state index contributed by atoms with van der Waals surface area (Å²) < 4.78 is 5.03. The van der Waals surface area contributed by atoms with E-state index in [4.69, 9.17) is 4.74 Å². The van der Waals surface area contributed by atoms with E-state index in [1.807, 2.05) is 48.9 Å². The number of carbonyl (C=O) groups excluding carboxylic acids is 2. The molecular formula is C15H15NO3S2. The van der Waals surface area contributed by atoms with Crippen molar-refractivity contribution in [3.63, 3.8) is 0 Å². The van der Waals surface area contributed by atoms with Crippen molar-refractivity contribution in [3.05, 3.63) is 46.2 Å². The zero-order valence-corrected chi connectivity index (χ0v) is 13.3. The van der Waals surface area contributed by atoms with Gasteiger partial charge in [-0.1, -0.05) is 12.1 Å². The van der Waals surface area contributed by atoms with Crippen LogP contribution in [-0.4, -0.2) is 24.7 Å². The second kappa shape index (κ2) is 7.28. The van der Waals surface area contributed by atoms with Crippen LogP contribution in [0.25, 0.3) is 0 Å². The highest BCUT2D eigenvalue weighted by atomic mass is 32.2. The van der Waals surface area contributed by atoms with Gasteiger partial charge in [-0.15, -0.1) is 23.1 Å². The second-order valence-corrected chi connectivity index (χ2v) is 6.02. The van der Waals surface area contributed by atoms with Crippen LogP contribution in [0.1, 0.15) is 15.2 Å². The average Bonchev–Trinajstić information content (AvgIpc) is 2.91. The third kappa shape index (κ3) is 4.09. The quantitative estimate of drug-likeness (QED) is 0.675. The number of aryl methyl sites for hydroxylation is 1. The van der Waals surface area contributed by atoms with Crippen LogP contribution in [0.5, 0.6) is 0 Å². The number of amides is 1. The molecule has 1 aromatic carbocycles. The molecule has 1 aromatic heterocycles. The van der Waals surface area contributed by atoms with E-state index in [0.717, 1.165) is 16.1 Å². The lowest BCUT2D eigenvalue weighted by atomic mass is 10.3. The minimum atomic E-state index is -0.462. The third-order valence-electron chi connectivity index (χ3n) is 2.76. The number of anilines is 1. The average molecular weight is 321 g/mol. The van der Waals surface area contributed by atoms with Gasteiger partial charge in [0.25, 0.3) is 5.91 Å². The third-order valence-corrected chi connectivity index (χ3v) is 4.56. The summed E-state index contributed by atoms with van der Waals surface area (Å²) >= 11 is 2.85. The molecule has 0 atom stereocenters. The Labute approximate surface area is 131 Å². The maximum absolute atomic E-state index is 11.8. The molecule has 1 N–H and O–H groups in total. The minimum Gasteiger partial charge on any atom is -0.451 e. The summed E-state index contributed by atoms with van der Waals surface area (Å²) in [6, 6.07) is 9.32. The van der Waals surface area contributed by atoms with Crippen LogP contribution in [0.3, 0.4) is 0 Å². The summed E-state index contributed by atoms with van der Waals surface area (Å²) in [6.45, 7) is 1.54. The first-order valence-corrected chi connectivity index (χ1v) is 8.36. The Morgan fingerprint density at radius 1 is 1.29 bits per heavy atom. The molecule has 4 nitrogen and oxygen atoms in total. The number of nitrogens with one attached hydrogen (secondary N) is 1. The van der Waals surface area contributed by atoms with Gasteiger partial charge < -0.3 is 10.1 Å². The smallest absolute Gasteiger partial charge is 0.349 e. The number of carbonyl (C=O) groups is 2. The van der Waals surface area contributed by atoms with Gasteiger partial charge in [0.2, 0.25) is 0 Å². The van der Waals surface area contributed by atoms with Gasteiger partial charge in [0.15, 0.2) is 6.61 Å². The summed E-state index contributed by atoms with van der Waals surface area (Å²) in [5.41, 5.74) is 1.58. The molecule has 0 fully saturated rings. The molecule has 0 saturated carbocycles. The first kappa shape index (κ1) is 15.6. The van der Waals surface area contributed by atoms with E-state index < -0.39 is 5.97 Å². The Balaban J connectivity index is 1.91. The fourth-order valence-corrected chi connectivity index (χ4v) is 3.08. The Morgan fingerprint density at radius 2 is 2.05 bits per heavy atom. The monoisotopic (exact) mass is 321 g/mol. The molecule has 2 aromatic rings. The summed E-state index contributed by atoms with van der Waals surface area (Å²) in [7, 11) is 0. The largest absolute Gasteiger partial charge is 0.451 e. The molecule has 0 saturated heterocycles. The van der Waals surface area contributed by atoms with Crippen LogP contribution in [0.2, 0.25) is 0 Å². The lowest BCUT2D eigenvalue weighted by Crippen LogP contribution is -2.21. The molecule has 21 heavy (non-hydrogen) atoms. The van der Waals surface area contributed by atoms with Crippen molar-refractivity contribution in [2.24, 2.45) is 0 Å². The molecular weight excluding hydrogens is 306 g/mol. The molecule has 0 unspecified atom stereocenters. The lowest BCUT2D eigenvalue weighted by molar-refractivity contribution is -0.119. The van der Waals surface area contributed by atoms with Crippen molar-refractivity contribution in [1.82, 2.24) is 0 Å². The lowest BCUT2D eigenvalue weighted by Gasteiger charge is -2.09. The highest BCUT2D eigenvalue weighted by Gasteiger charge is 2.14. The number of esters is 1. The normalized spacial score (nSPS) is 10.2. The van der Waals surface area contributed by atoms with Crippen molar-refractivity contribution in [2.45, 2.75) is 11.8 Å². The van der Waals surface area contributed by atoms with Crippen LogP contribution >= 0.6 is 23.1 Å². The summed E-state index contributed by atoms with van der Waals surface area (Å²) in [6.07, 6.45) is 1.94. The predicted octanol–water partition coefficient (Wildman–Crippen LogP) is 3.57. The van der Waals surface area contributed by atoms with E-state index in [2.05, 4.69) is 5.32 Å². The van der Waals surface area contributed by atoms with Gasteiger partial charge in [-0.3, -0.25) is 4.79 Å². The Kier molecular flexibility index (Phi) is 5.41. The first-order chi connectivity index (χ1) is 10.1. The zero-order valence-electron chi connectivity index (χ0n) is 11.7. The van der Waals surface area contributed by atoms with E-state index in [1.165, 1.54) is 11.3 Å². The maximum atomic E-state index is 11.8. The highest BCUT2D eigenvalue weighted by molar-refractivity contribution is 7.98. The second-order valence-electron chi connectivity index (χ2n) is 4.26. The van der Waals surface area contributed by atoms with Crippen molar-refractivity contribution >= 4 is 40.7 Å². The fourth-order valence-electron chi connectivity index (χ4n) is 1.71. The Hall–Kier alpha value is -1.79. The van der Waals surface area contributed by atoms with E-state index in [1.54, 1.807) is 11.8 Å². The molecule has 2 rings (SSSR count). The number of thiophene rings is 1. The number of hydrogen-bond acceptors (Lipinski definition) is 5. The van der Waals surface area contributed by atoms with Gasteiger partial charge in [0.1, 0.15) is 4.88 Å². The van der Waals surface area contributed by atoms with Gasteiger partial charge in [-0.25, -0.2) is 4.79 Å². The first-order valence-electron chi connectivity index (χ1n) is 6.26. The molecule has 1 heterocycles. The molecule has 0 aliphatic rings. The highest BCUT2D eigenvalue weighted by Crippen LogP contribution is 2.24. The number of para-hydroxylation sites is 1. The van der Waals surface area contributed by atoms with Crippen LogP contribution in [0, 0.1) is 6.92 Å². The predicted molar refractivity (Wildman–Crippen MR) is 86.2 cm³/mol. The van der Waals surface area contributed by atoms with Crippen molar-refractivity contribution < 1.29 is 14.3 Å².